The first-order valence-electron chi connectivity index (χ1n) is 12.3. The van der Waals surface area contributed by atoms with Gasteiger partial charge in [-0.15, -0.1) is 0 Å². The first kappa shape index (κ1) is 23.4. The molecule has 0 unspecified atom stereocenters. The Morgan fingerprint density at radius 2 is 1.63 bits per heavy atom. The van der Waals surface area contributed by atoms with Crippen molar-refractivity contribution in [1.82, 2.24) is 10.2 Å². The van der Waals surface area contributed by atoms with E-state index in [1.165, 1.54) is 4.90 Å². The number of carboxylic acids is 1. The van der Waals surface area contributed by atoms with E-state index in [4.69, 9.17) is 4.74 Å². The number of rotatable bonds is 7. The fourth-order valence-electron chi connectivity index (χ4n) is 6.41. The van der Waals surface area contributed by atoms with Crippen LogP contribution in [-0.4, -0.2) is 52.7 Å². The molecule has 1 saturated carbocycles. The summed E-state index contributed by atoms with van der Waals surface area (Å²) in [5, 5.41) is 12.6. The van der Waals surface area contributed by atoms with E-state index in [0.717, 1.165) is 22.3 Å². The lowest BCUT2D eigenvalue weighted by molar-refractivity contribution is -0.160. The van der Waals surface area contributed by atoms with E-state index in [-0.39, 0.29) is 29.8 Å². The van der Waals surface area contributed by atoms with Crippen LogP contribution in [0.25, 0.3) is 11.1 Å². The summed E-state index contributed by atoms with van der Waals surface area (Å²) in [6.07, 6.45) is 0.667. The quantitative estimate of drug-likeness (QED) is 0.617. The van der Waals surface area contributed by atoms with Gasteiger partial charge >= 0.3 is 12.1 Å². The van der Waals surface area contributed by atoms with Gasteiger partial charge in [-0.2, -0.15) is 0 Å². The molecule has 35 heavy (non-hydrogen) atoms. The van der Waals surface area contributed by atoms with E-state index in [0.29, 0.717) is 25.8 Å². The molecule has 2 aromatic rings. The molecule has 4 aliphatic rings. The molecular formula is C28H32N2O5. The Balaban J connectivity index is 1.29. The molecule has 7 nitrogen and oxygen atoms in total. The van der Waals surface area contributed by atoms with E-state index in [1.54, 1.807) is 0 Å². The average molecular weight is 477 g/mol. The van der Waals surface area contributed by atoms with Crippen LogP contribution in [0.4, 0.5) is 4.79 Å². The second-order valence-electron chi connectivity index (χ2n) is 11.1. The van der Waals surface area contributed by atoms with Crippen molar-refractivity contribution >= 4 is 18.0 Å². The van der Waals surface area contributed by atoms with Crippen LogP contribution in [-0.2, 0) is 14.3 Å². The lowest BCUT2D eigenvalue weighted by Crippen LogP contribution is -2.59. The fourth-order valence-corrected chi connectivity index (χ4v) is 6.41. The van der Waals surface area contributed by atoms with Crippen molar-refractivity contribution in [3.05, 3.63) is 59.7 Å². The van der Waals surface area contributed by atoms with Crippen molar-refractivity contribution in [2.75, 3.05) is 13.2 Å². The van der Waals surface area contributed by atoms with Crippen molar-refractivity contribution in [3.8, 4) is 11.1 Å². The molecular weight excluding hydrogens is 444 g/mol. The van der Waals surface area contributed by atoms with Crippen LogP contribution in [0.3, 0.4) is 0 Å². The van der Waals surface area contributed by atoms with Crippen LogP contribution in [0.5, 0.6) is 0 Å². The predicted molar refractivity (Wildman–Crippen MR) is 131 cm³/mol. The molecule has 0 spiro atoms. The van der Waals surface area contributed by atoms with E-state index >= 15 is 0 Å². The molecule has 2 aliphatic heterocycles. The highest BCUT2D eigenvalue weighted by Gasteiger charge is 2.69. The summed E-state index contributed by atoms with van der Waals surface area (Å²) in [5.74, 6) is -1.25. The van der Waals surface area contributed by atoms with Crippen LogP contribution in [0.1, 0.15) is 57.1 Å². The van der Waals surface area contributed by atoms with Gasteiger partial charge in [-0.05, 0) is 52.8 Å². The molecule has 2 amide bonds. The van der Waals surface area contributed by atoms with Crippen molar-refractivity contribution in [2.24, 2.45) is 11.3 Å². The Morgan fingerprint density at radius 3 is 2.17 bits per heavy atom. The minimum absolute atomic E-state index is 0.0755. The maximum Gasteiger partial charge on any atom is 0.407 e. The Morgan fingerprint density at radius 1 is 1.06 bits per heavy atom. The first-order chi connectivity index (χ1) is 16.6. The molecule has 184 valence electrons. The topological polar surface area (TPSA) is 95.9 Å². The zero-order valence-corrected chi connectivity index (χ0v) is 20.4. The number of nitrogens with zero attached hydrogens (tertiary/aromatic N) is 1. The van der Waals surface area contributed by atoms with Gasteiger partial charge in [-0.3, -0.25) is 4.79 Å². The van der Waals surface area contributed by atoms with Crippen LogP contribution >= 0.6 is 0 Å². The SMILES string of the molecule is CC(C)C[C@@H](NC(=O)OCC1c2ccccc2-c2ccccc21)C(=O)N1CC2(C)CC1(C(=O)O)C2. The summed E-state index contributed by atoms with van der Waals surface area (Å²) in [6, 6.07) is 15.4. The number of carbonyl (C=O) groups excluding carboxylic acids is 2. The van der Waals surface area contributed by atoms with Crippen LogP contribution < -0.4 is 5.32 Å². The number of amides is 2. The van der Waals surface area contributed by atoms with E-state index in [9.17, 15) is 19.5 Å². The van der Waals surface area contributed by atoms with Gasteiger partial charge in [0, 0.05) is 12.5 Å². The zero-order chi connectivity index (χ0) is 25.0. The Kier molecular flexibility index (Phi) is 5.61. The summed E-state index contributed by atoms with van der Waals surface area (Å²) in [7, 11) is 0. The molecule has 1 atom stereocenters. The summed E-state index contributed by atoms with van der Waals surface area (Å²) in [6.45, 7) is 6.51. The lowest BCUT2D eigenvalue weighted by atomic mass is 9.63. The Hall–Kier alpha value is -3.35. The number of carbonyl (C=O) groups is 3. The third-order valence-corrected chi connectivity index (χ3v) is 7.80. The molecule has 0 aromatic heterocycles. The highest BCUT2D eigenvalue weighted by molar-refractivity contribution is 5.93. The summed E-state index contributed by atoms with van der Waals surface area (Å²) >= 11 is 0. The predicted octanol–water partition coefficient (Wildman–Crippen LogP) is 4.41. The average Bonchev–Trinajstić information content (AvgIpc) is 3.40. The van der Waals surface area contributed by atoms with Crippen molar-refractivity contribution in [2.45, 2.75) is 57.5 Å². The zero-order valence-electron chi connectivity index (χ0n) is 20.4. The summed E-state index contributed by atoms with van der Waals surface area (Å²) in [5.41, 5.74) is 3.20. The van der Waals surface area contributed by atoms with Gasteiger partial charge in [0.15, 0.2) is 0 Å². The Labute approximate surface area is 205 Å². The van der Waals surface area contributed by atoms with E-state index < -0.39 is 23.6 Å². The standard InChI is InChI=1S/C28H32N2O5/c1-17(2)12-23(24(31)30-16-27(3)14-28(30,15-27)25(32)33)29-26(34)35-13-22-20-10-6-4-8-18(20)19-9-5-7-11-21(19)22/h4-11,17,22-23H,12-16H2,1-3H3,(H,29,34)(H,32,33)/t23-,27?,28?/m1/s1. The largest absolute Gasteiger partial charge is 0.479 e. The smallest absolute Gasteiger partial charge is 0.407 e. The van der Waals surface area contributed by atoms with Gasteiger partial charge in [0.25, 0.3) is 0 Å². The lowest BCUT2D eigenvalue weighted by Gasteiger charge is -2.43. The number of hydrogen-bond donors (Lipinski definition) is 2. The van der Waals surface area contributed by atoms with E-state index in [1.807, 2.05) is 45.0 Å². The van der Waals surface area contributed by atoms with Crippen molar-refractivity contribution < 1.29 is 24.2 Å². The van der Waals surface area contributed by atoms with Crippen LogP contribution in [0.2, 0.25) is 0 Å². The van der Waals surface area contributed by atoms with Crippen molar-refractivity contribution in [1.29, 1.82) is 0 Å². The molecule has 2 saturated heterocycles. The molecule has 2 aliphatic carbocycles. The number of fused-ring (bicyclic) bond motifs is 4. The highest BCUT2D eigenvalue weighted by atomic mass is 16.5. The number of hydrogen-bond acceptors (Lipinski definition) is 4. The fraction of sp³-hybridized carbons (Fsp3) is 0.464. The third kappa shape index (κ3) is 3.87. The maximum absolute atomic E-state index is 13.5. The monoisotopic (exact) mass is 476 g/mol. The van der Waals surface area contributed by atoms with Crippen LogP contribution in [0.15, 0.2) is 48.5 Å². The number of aliphatic carboxylic acids is 1. The molecule has 2 bridgehead atoms. The number of benzene rings is 2. The number of carboxylic acid groups (broad SMARTS) is 1. The number of nitrogens with one attached hydrogen (secondary N) is 1. The van der Waals surface area contributed by atoms with Gasteiger partial charge < -0.3 is 20.1 Å². The molecule has 7 heteroatoms. The van der Waals surface area contributed by atoms with E-state index in [2.05, 4.69) is 29.6 Å². The summed E-state index contributed by atoms with van der Waals surface area (Å²) in [4.78, 5) is 39.9. The maximum atomic E-state index is 13.5. The minimum atomic E-state index is -1.15. The molecule has 2 heterocycles. The first-order valence-corrected chi connectivity index (χ1v) is 12.3. The van der Waals surface area contributed by atoms with Gasteiger partial charge in [-0.25, -0.2) is 9.59 Å². The Bertz CT molecular complexity index is 1140. The molecule has 2 N–H and O–H groups in total. The van der Waals surface area contributed by atoms with Gasteiger partial charge in [0.1, 0.15) is 18.2 Å². The van der Waals surface area contributed by atoms with Gasteiger partial charge in [0.05, 0.1) is 0 Å². The molecule has 3 fully saturated rings. The number of alkyl carbamates (subject to hydrolysis) is 1. The second kappa shape index (κ2) is 8.40. The second-order valence-corrected chi connectivity index (χ2v) is 11.1. The van der Waals surface area contributed by atoms with Gasteiger partial charge in [-0.1, -0.05) is 69.3 Å². The molecule has 0 radical (unpaired) electrons. The van der Waals surface area contributed by atoms with Gasteiger partial charge in [0.2, 0.25) is 5.91 Å². The van der Waals surface area contributed by atoms with Crippen LogP contribution in [0, 0.1) is 11.3 Å². The molecule has 6 rings (SSSR count). The van der Waals surface area contributed by atoms with Crippen molar-refractivity contribution in [3.63, 3.8) is 0 Å². The number of ether oxygens (including phenoxy) is 1. The molecule has 2 aromatic carbocycles. The third-order valence-electron chi connectivity index (χ3n) is 7.80. The highest BCUT2D eigenvalue weighted by Crippen LogP contribution is 2.59. The summed E-state index contributed by atoms with van der Waals surface area (Å²) < 4.78 is 5.66. The minimum Gasteiger partial charge on any atom is -0.479 e. The normalized spacial score (nSPS) is 25.0.